The Balaban J connectivity index is 1.51. The Hall–Kier alpha value is -3.18. The van der Waals surface area contributed by atoms with E-state index in [0.29, 0.717) is 18.3 Å². The van der Waals surface area contributed by atoms with Gasteiger partial charge in [0, 0.05) is 5.56 Å². The third-order valence-corrected chi connectivity index (χ3v) is 3.92. The summed E-state index contributed by atoms with van der Waals surface area (Å²) in [6, 6.07) is 23.7. The maximum absolute atomic E-state index is 5.58. The standard InChI is InChI=1S/C20H17N3O2/c1-3-8-15(9-4-1)19(17-12-7-13-24-17)21-14-18-22-20(23-25-18)16-10-5-2-6-11-16/h1-13,19,21H,14H2/t19-/m0/s1. The fraction of sp³-hybridized carbons (Fsp3) is 0.100. The van der Waals surface area contributed by atoms with Gasteiger partial charge in [-0.2, -0.15) is 4.98 Å². The van der Waals surface area contributed by atoms with Crippen LogP contribution in [-0.4, -0.2) is 10.1 Å². The second-order valence-corrected chi connectivity index (χ2v) is 5.62. The summed E-state index contributed by atoms with van der Waals surface area (Å²) in [5.74, 6) is 1.96. The lowest BCUT2D eigenvalue weighted by atomic mass is 10.0. The average Bonchev–Trinajstić information content (AvgIpc) is 3.36. The minimum atomic E-state index is -0.0803. The Morgan fingerprint density at radius 2 is 1.64 bits per heavy atom. The van der Waals surface area contributed by atoms with Crippen molar-refractivity contribution in [2.45, 2.75) is 12.6 Å². The summed E-state index contributed by atoms with van der Waals surface area (Å²) < 4.78 is 11.0. The molecule has 1 atom stereocenters. The van der Waals surface area contributed by atoms with Gasteiger partial charge in [0.25, 0.3) is 0 Å². The monoisotopic (exact) mass is 331 g/mol. The molecule has 4 rings (SSSR count). The molecule has 0 radical (unpaired) electrons. The molecule has 0 aliphatic carbocycles. The Bertz CT molecular complexity index is 903. The summed E-state index contributed by atoms with van der Waals surface area (Å²) >= 11 is 0. The Labute approximate surface area is 145 Å². The van der Waals surface area contributed by atoms with Crippen molar-refractivity contribution in [3.63, 3.8) is 0 Å². The molecular weight excluding hydrogens is 314 g/mol. The van der Waals surface area contributed by atoms with Crippen molar-refractivity contribution in [2.24, 2.45) is 0 Å². The molecule has 25 heavy (non-hydrogen) atoms. The molecule has 5 heteroatoms. The van der Waals surface area contributed by atoms with E-state index in [-0.39, 0.29) is 6.04 Å². The van der Waals surface area contributed by atoms with Crippen LogP contribution in [0.1, 0.15) is 23.3 Å². The van der Waals surface area contributed by atoms with E-state index in [1.165, 1.54) is 0 Å². The van der Waals surface area contributed by atoms with Crippen molar-refractivity contribution in [1.82, 2.24) is 15.5 Å². The highest BCUT2D eigenvalue weighted by Crippen LogP contribution is 2.23. The number of hydrogen-bond donors (Lipinski definition) is 1. The third-order valence-electron chi connectivity index (χ3n) is 3.92. The molecule has 0 spiro atoms. The molecule has 2 heterocycles. The van der Waals surface area contributed by atoms with Crippen LogP contribution >= 0.6 is 0 Å². The highest BCUT2D eigenvalue weighted by atomic mass is 16.5. The maximum atomic E-state index is 5.58. The van der Waals surface area contributed by atoms with Crippen molar-refractivity contribution in [3.05, 3.63) is 96.3 Å². The first kappa shape index (κ1) is 15.4. The Morgan fingerprint density at radius 1 is 0.880 bits per heavy atom. The lowest BCUT2D eigenvalue weighted by Crippen LogP contribution is -2.21. The highest BCUT2D eigenvalue weighted by molar-refractivity contribution is 5.53. The van der Waals surface area contributed by atoms with Crippen molar-refractivity contribution in [2.75, 3.05) is 0 Å². The van der Waals surface area contributed by atoms with E-state index in [2.05, 4.69) is 27.6 Å². The number of aromatic nitrogens is 2. The van der Waals surface area contributed by atoms with Gasteiger partial charge >= 0.3 is 0 Å². The molecule has 0 saturated heterocycles. The molecule has 0 bridgehead atoms. The molecule has 0 aliphatic rings. The van der Waals surface area contributed by atoms with Gasteiger partial charge < -0.3 is 8.94 Å². The van der Waals surface area contributed by atoms with Gasteiger partial charge in [0.15, 0.2) is 0 Å². The zero-order chi connectivity index (χ0) is 16.9. The van der Waals surface area contributed by atoms with Gasteiger partial charge in [0.2, 0.25) is 11.7 Å². The lowest BCUT2D eigenvalue weighted by molar-refractivity contribution is 0.355. The Kier molecular flexibility index (Phi) is 4.39. The second kappa shape index (κ2) is 7.15. The van der Waals surface area contributed by atoms with Crippen molar-refractivity contribution < 1.29 is 8.94 Å². The summed E-state index contributed by atoms with van der Waals surface area (Å²) in [6.07, 6.45) is 1.67. The smallest absolute Gasteiger partial charge is 0.240 e. The molecule has 2 aromatic carbocycles. The van der Waals surface area contributed by atoms with Gasteiger partial charge in [-0.15, -0.1) is 0 Å². The maximum Gasteiger partial charge on any atom is 0.240 e. The molecule has 0 unspecified atom stereocenters. The molecule has 124 valence electrons. The van der Waals surface area contributed by atoms with Gasteiger partial charge in [-0.3, -0.25) is 5.32 Å². The van der Waals surface area contributed by atoms with E-state index in [9.17, 15) is 0 Å². The number of furan rings is 1. The average molecular weight is 331 g/mol. The van der Waals surface area contributed by atoms with Gasteiger partial charge in [-0.25, -0.2) is 0 Å². The third kappa shape index (κ3) is 3.51. The van der Waals surface area contributed by atoms with E-state index >= 15 is 0 Å². The molecule has 0 saturated carbocycles. The molecule has 0 amide bonds. The molecule has 4 aromatic rings. The van der Waals surface area contributed by atoms with E-state index < -0.39 is 0 Å². The summed E-state index contributed by atoms with van der Waals surface area (Å²) in [5.41, 5.74) is 2.04. The number of benzene rings is 2. The summed E-state index contributed by atoms with van der Waals surface area (Å²) in [6.45, 7) is 0.445. The van der Waals surface area contributed by atoms with E-state index in [1.807, 2.05) is 60.7 Å². The fourth-order valence-electron chi connectivity index (χ4n) is 2.70. The van der Waals surface area contributed by atoms with Gasteiger partial charge in [0.1, 0.15) is 5.76 Å². The van der Waals surface area contributed by atoms with Crippen LogP contribution in [0, 0.1) is 0 Å². The lowest BCUT2D eigenvalue weighted by Gasteiger charge is -2.15. The summed E-state index contributed by atoms with van der Waals surface area (Å²) in [4.78, 5) is 4.46. The quantitative estimate of drug-likeness (QED) is 0.573. The number of hydrogen-bond acceptors (Lipinski definition) is 5. The molecular formula is C20H17N3O2. The normalized spacial score (nSPS) is 12.2. The van der Waals surface area contributed by atoms with Crippen LogP contribution in [0.5, 0.6) is 0 Å². The molecule has 2 aromatic heterocycles. The summed E-state index contributed by atoms with van der Waals surface area (Å²) in [5, 5.41) is 7.48. The van der Waals surface area contributed by atoms with E-state index in [0.717, 1.165) is 16.9 Å². The van der Waals surface area contributed by atoms with Crippen molar-refractivity contribution in [1.29, 1.82) is 0 Å². The topological polar surface area (TPSA) is 64.1 Å². The van der Waals surface area contributed by atoms with Gasteiger partial charge in [-0.1, -0.05) is 65.8 Å². The van der Waals surface area contributed by atoms with Crippen molar-refractivity contribution >= 4 is 0 Å². The predicted molar refractivity (Wildman–Crippen MR) is 93.6 cm³/mol. The summed E-state index contributed by atoms with van der Waals surface area (Å²) in [7, 11) is 0. The van der Waals surface area contributed by atoms with Crippen LogP contribution in [0.25, 0.3) is 11.4 Å². The molecule has 0 fully saturated rings. The van der Waals surface area contributed by atoms with Crippen LogP contribution < -0.4 is 5.32 Å². The van der Waals surface area contributed by atoms with Crippen molar-refractivity contribution in [3.8, 4) is 11.4 Å². The van der Waals surface area contributed by atoms with Gasteiger partial charge in [0.05, 0.1) is 18.8 Å². The number of nitrogens with zero attached hydrogens (tertiary/aromatic N) is 2. The van der Waals surface area contributed by atoms with Crippen LogP contribution in [-0.2, 0) is 6.54 Å². The first-order valence-electron chi connectivity index (χ1n) is 8.10. The number of nitrogens with one attached hydrogen (secondary N) is 1. The minimum Gasteiger partial charge on any atom is -0.467 e. The largest absolute Gasteiger partial charge is 0.467 e. The fourth-order valence-corrected chi connectivity index (χ4v) is 2.70. The molecule has 0 aliphatic heterocycles. The number of rotatable bonds is 6. The second-order valence-electron chi connectivity index (χ2n) is 5.62. The zero-order valence-electron chi connectivity index (χ0n) is 13.5. The molecule has 1 N–H and O–H groups in total. The molecule has 5 nitrogen and oxygen atoms in total. The minimum absolute atomic E-state index is 0.0803. The van der Waals surface area contributed by atoms with Crippen LogP contribution in [0.4, 0.5) is 0 Å². The Morgan fingerprint density at radius 3 is 2.36 bits per heavy atom. The SMILES string of the molecule is c1ccc(-c2noc(CN[C@@H](c3ccccc3)c3ccco3)n2)cc1. The zero-order valence-corrected chi connectivity index (χ0v) is 13.5. The van der Waals surface area contributed by atoms with E-state index in [1.54, 1.807) is 6.26 Å². The predicted octanol–water partition coefficient (Wildman–Crippen LogP) is 4.21. The van der Waals surface area contributed by atoms with Gasteiger partial charge in [-0.05, 0) is 17.7 Å². The van der Waals surface area contributed by atoms with Crippen LogP contribution in [0.2, 0.25) is 0 Å². The van der Waals surface area contributed by atoms with Crippen LogP contribution in [0.3, 0.4) is 0 Å². The van der Waals surface area contributed by atoms with Crippen LogP contribution in [0.15, 0.2) is 88.0 Å². The first-order valence-corrected chi connectivity index (χ1v) is 8.10. The highest BCUT2D eigenvalue weighted by Gasteiger charge is 2.17. The first-order chi connectivity index (χ1) is 12.4. The van der Waals surface area contributed by atoms with E-state index in [4.69, 9.17) is 8.94 Å².